The molecule has 0 amide bonds. The third-order valence-electron chi connectivity index (χ3n) is 12.9. The van der Waals surface area contributed by atoms with Crippen LogP contribution in [0.4, 0.5) is 28.4 Å². The van der Waals surface area contributed by atoms with Gasteiger partial charge in [-0.2, -0.15) is 0 Å². The molecule has 0 aromatic heterocycles. The zero-order chi connectivity index (χ0) is 36.2. The number of aryl methyl sites for hydroxylation is 1. The Balaban J connectivity index is 1.24. The summed E-state index contributed by atoms with van der Waals surface area (Å²) < 4.78 is 0. The monoisotopic (exact) mass is 704 g/mol. The molecule has 3 nitrogen and oxygen atoms in total. The standard InChI is InChI=1S/C48H45BN2OSi/c1-31-27-38-47-44(28-31)50(34-21-19-33(20-22-34)32-13-7-6-8-14-32)43-29-35(23-26-39(43)49(47)40-30-36(52)24-25-37(40)48(38,2)3)51-41-15-9-11-17-45(41)53(4,5)46-18-12-10-16-42(46)51/h6-9,11,13-15,17,19-30,52H,10,12,16,18H2,1-5H3. The van der Waals surface area contributed by atoms with Crippen LogP contribution in [0.2, 0.25) is 13.1 Å². The van der Waals surface area contributed by atoms with E-state index in [0.29, 0.717) is 5.75 Å². The number of hydrogen-bond acceptors (Lipinski definition) is 3. The van der Waals surface area contributed by atoms with Crippen LogP contribution in [-0.4, -0.2) is 19.9 Å². The molecule has 260 valence electrons. The third-order valence-corrected chi connectivity index (χ3v) is 16.7. The van der Waals surface area contributed by atoms with Crippen LogP contribution in [0.3, 0.4) is 0 Å². The minimum atomic E-state index is -1.80. The van der Waals surface area contributed by atoms with Crippen molar-refractivity contribution in [1.82, 2.24) is 0 Å². The van der Waals surface area contributed by atoms with Gasteiger partial charge in [0.2, 0.25) is 6.71 Å². The van der Waals surface area contributed by atoms with Gasteiger partial charge < -0.3 is 14.9 Å². The van der Waals surface area contributed by atoms with Crippen LogP contribution in [0, 0.1) is 6.92 Å². The second-order valence-corrected chi connectivity index (χ2v) is 21.1. The second-order valence-electron chi connectivity index (χ2n) is 16.7. The number of aromatic hydroxyl groups is 1. The SMILES string of the molecule is Cc1cc2c3c(c1)C(C)(C)c1ccc(O)cc1B3c1ccc(N3C4=C(CCCC4)[Si](C)(C)c4ccccc43)cc1N2c1ccc(-c2ccccc2)cc1. The highest BCUT2D eigenvalue weighted by Gasteiger charge is 2.47. The predicted molar refractivity (Wildman–Crippen MR) is 227 cm³/mol. The van der Waals surface area contributed by atoms with Gasteiger partial charge in [0.1, 0.15) is 13.8 Å². The number of phenolic OH excluding ortho intramolecular Hbond substituents is 1. The molecule has 0 radical (unpaired) electrons. The molecule has 0 atom stereocenters. The van der Waals surface area contributed by atoms with Crippen LogP contribution in [-0.2, 0) is 5.41 Å². The Morgan fingerprint density at radius 1 is 0.623 bits per heavy atom. The molecule has 0 spiro atoms. The Morgan fingerprint density at radius 3 is 2.15 bits per heavy atom. The molecule has 6 aromatic carbocycles. The fourth-order valence-corrected chi connectivity index (χ4v) is 13.8. The third kappa shape index (κ3) is 4.72. The van der Waals surface area contributed by atoms with Crippen LogP contribution in [0.15, 0.2) is 138 Å². The van der Waals surface area contributed by atoms with Gasteiger partial charge in [-0.15, -0.1) is 0 Å². The molecule has 1 aliphatic carbocycles. The van der Waals surface area contributed by atoms with Crippen molar-refractivity contribution in [3.8, 4) is 16.9 Å². The number of phenols is 1. The van der Waals surface area contributed by atoms with E-state index in [1.807, 2.05) is 12.1 Å². The highest BCUT2D eigenvalue weighted by Crippen LogP contribution is 2.48. The normalized spacial score (nSPS) is 17.4. The summed E-state index contributed by atoms with van der Waals surface area (Å²) in [6.07, 6.45) is 4.85. The Labute approximate surface area is 315 Å². The number of anilines is 5. The molecule has 0 saturated heterocycles. The number of nitrogens with zero attached hydrogens (tertiary/aromatic N) is 2. The zero-order valence-electron chi connectivity index (χ0n) is 31.4. The first-order valence-electron chi connectivity index (χ1n) is 19.3. The molecule has 3 heterocycles. The van der Waals surface area contributed by atoms with Crippen molar-refractivity contribution >= 4 is 64.8 Å². The fraction of sp³-hybridized carbons (Fsp3) is 0.208. The molecular weight excluding hydrogens is 659 g/mol. The van der Waals surface area contributed by atoms with Gasteiger partial charge in [0.25, 0.3) is 0 Å². The fourth-order valence-electron chi connectivity index (χ4n) is 10.3. The first-order valence-corrected chi connectivity index (χ1v) is 22.3. The van der Waals surface area contributed by atoms with E-state index in [9.17, 15) is 5.11 Å². The minimum absolute atomic E-state index is 0.00376. The Bertz CT molecular complexity index is 2500. The number of para-hydroxylation sites is 1. The largest absolute Gasteiger partial charge is 0.508 e. The van der Waals surface area contributed by atoms with Gasteiger partial charge in [0, 0.05) is 39.5 Å². The molecule has 0 unspecified atom stereocenters. The van der Waals surface area contributed by atoms with Crippen molar-refractivity contribution in [2.75, 3.05) is 9.80 Å². The van der Waals surface area contributed by atoms with Gasteiger partial charge in [0.05, 0.1) is 0 Å². The van der Waals surface area contributed by atoms with E-state index in [1.54, 1.807) is 5.20 Å². The zero-order valence-corrected chi connectivity index (χ0v) is 32.4. The molecule has 6 aromatic rings. The van der Waals surface area contributed by atoms with E-state index < -0.39 is 8.07 Å². The van der Waals surface area contributed by atoms with Gasteiger partial charge in [-0.3, -0.25) is 0 Å². The Morgan fingerprint density at radius 2 is 1.34 bits per heavy atom. The molecule has 10 rings (SSSR count). The molecule has 0 saturated carbocycles. The first kappa shape index (κ1) is 32.4. The van der Waals surface area contributed by atoms with Crippen LogP contribution in [0.1, 0.15) is 56.2 Å². The summed E-state index contributed by atoms with van der Waals surface area (Å²) in [5.74, 6) is 0.322. The smallest absolute Gasteiger partial charge is 0.247 e. The van der Waals surface area contributed by atoms with E-state index in [0.717, 1.165) is 12.1 Å². The van der Waals surface area contributed by atoms with Crippen LogP contribution >= 0.6 is 0 Å². The lowest BCUT2D eigenvalue weighted by Crippen LogP contribution is -2.64. The van der Waals surface area contributed by atoms with Gasteiger partial charge in [-0.05, 0) is 125 Å². The lowest BCUT2D eigenvalue weighted by Gasteiger charge is -2.47. The maximum atomic E-state index is 11.0. The van der Waals surface area contributed by atoms with Gasteiger partial charge in [-0.25, -0.2) is 0 Å². The first-order chi connectivity index (χ1) is 25.6. The summed E-state index contributed by atoms with van der Waals surface area (Å²) in [4.78, 5) is 5.16. The molecule has 3 aliphatic heterocycles. The van der Waals surface area contributed by atoms with E-state index in [-0.39, 0.29) is 12.1 Å². The van der Waals surface area contributed by atoms with Crippen molar-refractivity contribution in [2.45, 2.75) is 65.0 Å². The van der Waals surface area contributed by atoms with E-state index in [2.05, 4.69) is 159 Å². The molecule has 4 aliphatic rings. The summed E-state index contributed by atoms with van der Waals surface area (Å²) >= 11 is 0. The number of benzene rings is 6. The van der Waals surface area contributed by atoms with Crippen molar-refractivity contribution in [3.63, 3.8) is 0 Å². The lowest BCUT2D eigenvalue weighted by molar-refractivity contribution is 0.475. The summed E-state index contributed by atoms with van der Waals surface area (Å²) in [6, 6.07) is 47.1. The maximum absolute atomic E-state index is 11.0. The summed E-state index contributed by atoms with van der Waals surface area (Å²) in [6.45, 7) is 12.1. The Kier molecular flexibility index (Phi) is 7.10. The van der Waals surface area contributed by atoms with Crippen LogP contribution in [0.25, 0.3) is 11.1 Å². The van der Waals surface area contributed by atoms with Gasteiger partial charge in [0.15, 0.2) is 0 Å². The number of allylic oxidation sites excluding steroid dienone is 2. The van der Waals surface area contributed by atoms with E-state index in [1.165, 1.54) is 97.1 Å². The highest BCUT2D eigenvalue weighted by atomic mass is 28.3. The van der Waals surface area contributed by atoms with Crippen molar-refractivity contribution < 1.29 is 5.11 Å². The van der Waals surface area contributed by atoms with E-state index in [4.69, 9.17) is 0 Å². The average molecular weight is 705 g/mol. The predicted octanol–water partition coefficient (Wildman–Crippen LogP) is 9.74. The van der Waals surface area contributed by atoms with Gasteiger partial charge in [-0.1, -0.05) is 116 Å². The number of hydrogen-bond donors (Lipinski definition) is 1. The van der Waals surface area contributed by atoms with Crippen molar-refractivity contribution in [2.24, 2.45) is 0 Å². The maximum Gasteiger partial charge on any atom is 0.247 e. The lowest BCUT2D eigenvalue weighted by atomic mass is 9.30. The molecule has 0 bridgehead atoms. The topological polar surface area (TPSA) is 26.7 Å². The number of fused-ring (bicyclic) bond motifs is 5. The molecule has 5 heteroatoms. The van der Waals surface area contributed by atoms with Gasteiger partial charge >= 0.3 is 0 Å². The van der Waals surface area contributed by atoms with Crippen molar-refractivity contribution in [1.29, 1.82) is 0 Å². The molecule has 0 fully saturated rings. The van der Waals surface area contributed by atoms with Crippen molar-refractivity contribution in [3.05, 3.63) is 155 Å². The summed E-state index contributed by atoms with van der Waals surface area (Å²) in [5.41, 5.74) is 17.6. The average Bonchev–Trinajstić information content (AvgIpc) is 3.17. The second kappa shape index (κ2) is 11.6. The summed E-state index contributed by atoms with van der Waals surface area (Å²) in [7, 11) is -1.80. The summed E-state index contributed by atoms with van der Waals surface area (Å²) in [5, 5.41) is 14.2. The Hall–Kier alpha value is -5.26. The highest BCUT2D eigenvalue weighted by molar-refractivity contribution is 6.99. The van der Waals surface area contributed by atoms with Crippen LogP contribution in [0.5, 0.6) is 5.75 Å². The van der Waals surface area contributed by atoms with E-state index >= 15 is 0 Å². The molecule has 1 N–H and O–H groups in total. The molecular formula is C48H45BN2OSi. The number of rotatable bonds is 3. The minimum Gasteiger partial charge on any atom is -0.508 e. The quantitative estimate of drug-likeness (QED) is 0.186. The van der Waals surface area contributed by atoms with Crippen LogP contribution < -0.4 is 31.4 Å². The molecule has 53 heavy (non-hydrogen) atoms.